The zero-order chi connectivity index (χ0) is 12.4. The lowest BCUT2D eigenvalue weighted by atomic mass is 10.3. The molecule has 18 heavy (non-hydrogen) atoms. The Bertz CT molecular complexity index is 629. The van der Waals surface area contributed by atoms with Gasteiger partial charge in [-0.1, -0.05) is 30.8 Å². The van der Waals surface area contributed by atoms with Crippen LogP contribution in [0.1, 0.15) is 18.7 Å². The fourth-order valence-electron chi connectivity index (χ4n) is 1.53. The Hall–Kier alpha value is -1.40. The summed E-state index contributed by atoms with van der Waals surface area (Å²) in [6, 6.07) is 8.14. The second-order valence-electron chi connectivity index (χ2n) is 3.68. The topological polar surface area (TPSA) is 51.8 Å². The number of thioether (sulfide) groups is 1. The molecule has 0 saturated carbocycles. The van der Waals surface area contributed by atoms with Crippen LogP contribution in [-0.2, 0) is 12.2 Å². The molecule has 0 spiro atoms. The second-order valence-corrected chi connectivity index (χ2v) is 5.93. The first-order valence-corrected chi connectivity index (χ1v) is 7.45. The number of thiazole rings is 1. The summed E-state index contributed by atoms with van der Waals surface area (Å²) in [7, 11) is 0. The molecule has 0 atom stereocenters. The summed E-state index contributed by atoms with van der Waals surface area (Å²) >= 11 is 3.33. The number of aryl methyl sites for hydroxylation is 1. The average Bonchev–Trinajstić information content (AvgIpc) is 3.02. The molecule has 1 aromatic carbocycles. The van der Waals surface area contributed by atoms with Crippen LogP contribution >= 0.6 is 23.1 Å². The SMILES string of the molecule is CCc1nnc(CSc2nc3ccccc3s2)o1. The Labute approximate surface area is 112 Å². The molecule has 0 bridgehead atoms. The molecule has 0 amide bonds. The van der Waals surface area contributed by atoms with Crippen molar-refractivity contribution >= 4 is 33.3 Å². The zero-order valence-electron chi connectivity index (χ0n) is 9.79. The van der Waals surface area contributed by atoms with Crippen LogP contribution in [0.15, 0.2) is 33.0 Å². The fraction of sp³-hybridized carbons (Fsp3) is 0.250. The predicted octanol–water partition coefficient (Wildman–Crippen LogP) is 3.53. The van der Waals surface area contributed by atoms with Gasteiger partial charge in [0.15, 0.2) is 4.34 Å². The number of aromatic nitrogens is 3. The van der Waals surface area contributed by atoms with Crippen molar-refractivity contribution in [1.29, 1.82) is 0 Å². The maximum atomic E-state index is 5.46. The van der Waals surface area contributed by atoms with Gasteiger partial charge in [0.2, 0.25) is 11.8 Å². The minimum Gasteiger partial charge on any atom is -0.424 e. The maximum absolute atomic E-state index is 5.46. The van der Waals surface area contributed by atoms with Crippen LogP contribution in [0.4, 0.5) is 0 Å². The van der Waals surface area contributed by atoms with Gasteiger partial charge < -0.3 is 4.42 Å². The van der Waals surface area contributed by atoms with E-state index in [2.05, 4.69) is 21.2 Å². The molecule has 6 heteroatoms. The second kappa shape index (κ2) is 5.07. The summed E-state index contributed by atoms with van der Waals surface area (Å²) in [5, 5.41) is 7.94. The smallest absolute Gasteiger partial charge is 0.226 e. The molecule has 0 N–H and O–H groups in total. The van der Waals surface area contributed by atoms with Crippen molar-refractivity contribution in [1.82, 2.24) is 15.2 Å². The van der Waals surface area contributed by atoms with Gasteiger partial charge in [0.05, 0.1) is 16.0 Å². The van der Waals surface area contributed by atoms with Gasteiger partial charge in [0.1, 0.15) is 0 Å². The lowest BCUT2D eigenvalue weighted by Crippen LogP contribution is -1.79. The van der Waals surface area contributed by atoms with Crippen LogP contribution < -0.4 is 0 Å². The van der Waals surface area contributed by atoms with Crippen LogP contribution in [0.5, 0.6) is 0 Å². The Balaban J connectivity index is 1.72. The van der Waals surface area contributed by atoms with E-state index in [-0.39, 0.29) is 0 Å². The first-order valence-electron chi connectivity index (χ1n) is 5.65. The minimum atomic E-state index is 0.663. The predicted molar refractivity (Wildman–Crippen MR) is 72.9 cm³/mol. The number of benzene rings is 1. The van der Waals surface area contributed by atoms with Gasteiger partial charge in [0, 0.05) is 6.42 Å². The third kappa shape index (κ3) is 2.39. The molecule has 0 unspecified atom stereocenters. The summed E-state index contributed by atoms with van der Waals surface area (Å²) in [4.78, 5) is 4.55. The van der Waals surface area contributed by atoms with Crippen molar-refractivity contribution in [3.05, 3.63) is 36.0 Å². The highest BCUT2D eigenvalue weighted by Gasteiger charge is 2.08. The lowest BCUT2D eigenvalue weighted by molar-refractivity contribution is 0.470. The van der Waals surface area contributed by atoms with E-state index in [1.807, 2.05) is 25.1 Å². The Morgan fingerprint density at radius 2 is 2.06 bits per heavy atom. The maximum Gasteiger partial charge on any atom is 0.226 e. The Morgan fingerprint density at radius 3 is 2.83 bits per heavy atom. The summed E-state index contributed by atoms with van der Waals surface area (Å²) < 4.78 is 7.71. The Kier molecular flexibility index (Phi) is 3.29. The number of para-hydroxylation sites is 1. The standard InChI is InChI=1S/C12H11N3OS2/c1-2-10-14-15-11(16-10)7-17-12-13-8-5-3-4-6-9(8)18-12/h3-6H,2,7H2,1H3. The van der Waals surface area contributed by atoms with Gasteiger partial charge >= 0.3 is 0 Å². The normalized spacial score (nSPS) is 11.2. The molecule has 0 aliphatic heterocycles. The first kappa shape index (κ1) is 11.7. The molecule has 3 rings (SSSR count). The molecular weight excluding hydrogens is 266 g/mol. The molecule has 2 aromatic heterocycles. The van der Waals surface area contributed by atoms with E-state index in [1.54, 1.807) is 23.1 Å². The molecule has 92 valence electrons. The quantitative estimate of drug-likeness (QED) is 0.683. The van der Waals surface area contributed by atoms with E-state index in [1.165, 1.54) is 4.70 Å². The summed E-state index contributed by atoms with van der Waals surface area (Å²) in [6.45, 7) is 2.00. The van der Waals surface area contributed by atoms with Crippen molar-refractivity contribution in [2.45, 2.75) is 23.4 Å². The van der Waals surface area contributed by atoms with Gasteiger partial charge in [-0.2, -0.15) is 0 Å². The average molecular weight is 277 g/mol. The van der Waals surface area contributed by atoms with Gasteiger partial charge in [0.25, 0.3) is 0 Å². The van der Waals surface area contributed by atoms with Crippen LogP contribution in [0.2, 0.25) is 0 Å². The Morgan fingerprint density at radius 1 is 1.22 bits per heavy atom. The van der Waals surface area contributed by atoms with E-state index in [4.69, 9.17) is 4.42 Å². The molecule has 0 aliphatic rings. The van der Waals surface area contributed by atoms with Crippen molar-refractivity contribution < 1.29 is 4.42 Å². The summed E-state index contributed by atoms with van der Waals surface area (Å²) in [5.41, 5.74) is 1.05. The number of hydrogen-bond acceptors (Lipinski definition) is 6. The molecule has 0 fully saturated rings. The van der Waals surface area contributed by atoms with E-state index < -0.39 is 0 Å². The summed E-state index contributed by atoms with van der Waals surface area (Å²) in [6.07, 6.45) is 0.777. The molecular formula is C12H11N3OS2. The first-order chi connectivity index (χ1) is 8.85. The van der Waals surface area contributed by atoms with Crippen molar-refractivity contribution in [2.75, 3.05) is 0 Å². The molecule has 4 nitrogen and oxygen atoms in total. The van der Waals surface area contributed by atoms with Crippen LogP contribution in [0, 0.1) is 0 Å². The lowest BCUT2D eigenvalue weighted by Gasteiger charge is -1.90. The minimum absolute atomic E-state index is 0.663. The van der Waals surface area contributed by atoms with Crippen molar-refractivity contribution in [3.8, 4) is 0 Å². The molecule has 2 heterocycles. The monoisotopic (exact) mass is 277 g/mol. The highest BCUT2D eigenvalue weighted by Crippen LogP contribution is 2.30. The third-order valence-electron chi connectivity index (χ3n) is 2.40. The van der Waals surface area contributed by atoms with E-state index in [9.17, 15) is 0 Å². The van der Waals surface area contributed by atoms with Gasteiger partial charge in [-0.3, -0.25) is 0 Å². The third-order valence-corrected chi connectivity index (χ3v) is 4.57. The van der Waals surface area contributed by atoms with Crippen LogP contribution in [0.25, 0.3) is 10.2 Å². The van der Waals surface area contributed by atoms with Crippen molar-refractivity contribution in [3.63, 3.8) is 0 Å². The van der Waals surface area contributed by atoms with Gasteiger partial charge in [-0.25, -0.2) is 4.98 Å². The van der Waals surface area contributed by atoms with Crippen molar-refractivity contribution in [2.24, 2.45) is 0 Å². The van der Waals surface area contributed by atoms with Crippen LogP contribution in [-0.4, -0.2) is 15.2 Å². The number of nitrogens with zero attached hydrogens (tertiary/aromatic N) is 3. The number of fused-ring (bicyclic) bond motifs is 1. The highest BCUT2D eigenvalue weighted by molar-refractivity contribution is 8.00. The number of rotatable bonds is 4. The zero-order valence-corrected chi connectivity index (χ0v) is 11.4. The largest absolute Gasteiger partial charge is 0.424 e. The van der Waals surface area contributed by atoms with Gasteiger partial charge in [-0.05, 0) is 12.1 Å². The molecule has 3 aromatic rings. The molecule has 0 radical (unpaired) electrons. The fourth-order valence-corrected chi connectivity index (χ4v) is 3.43. The van der Waals surface area contributed by atoms with Gasteiger partial charge in [-0.15, -0.1) is 21.5 Å². The van der Waals surface area contributed by atoms with E-state index in [0.29, 0.717) is 17.5 Å². The number of hydrogen-bond donors (Lipinski definition) is 0. The highest BCUT2D eigenvalue weighted by atomic mass is 32.2. The summed E-state index contributed by atoms with van der Waals surface area (Å²) in [5.74, 6) is 2.03. The van der Waals surface area contributed by atoms with Crippen LogP contribution in [0.3, 0.4) is 0 Å². The van der Waals surface area contributed by atoms with E-state index in [0.717, 1.165) is 16.3 Å². The van der Waals surface area contributed by atoms with E-state index >= 15 is 0 Å². The molecule has 0 saturated heterocycles. The molecule has 0 aliphatic carbocycles.